The second-order valence-corrected chi connectivity index (χ2v) is 8.40. The summed E-state index contributed by atoms with van der Waals surface area (Å²) in [6.07, 6.45) is 0. The molecule has 31 heavy (non-hydrogen) atoms. The molecule has 2 heterocycles. The van der Waals surface area contributed by atoms with Crippen molar-refractivity contribution < 1.29 is 27.6 Å². The summed E-state index contributed by atoms with van der Waals surface area (Å²) in [6.45, 7) is 2.29. The van der Waals surface area contributed by atoms with E-state index in [2.05, 4.69) is 10.3 Å². The maximum atomic E-state index is 12.5. The Morgan fingerprint density at radius 3 is 2.71 bits per heavy atom. The fourth-order valence-electron chi connectivity index (χ4n) is 3.07. The van der Waals surface area contributed by atoms with Crippen molar-refractivity contribution >= 4 is 16.7 Å². The Morgan fingerprint density at radius 2 is 1.94 bits per heavy atom. The van der Waals surface area contributed by atoms with Crippen LogP contribution in [0.4, 0.5) is 0 Å². The number of hydrogen-bond donors (Lipinski definition) is 1. The number of aryl methyl sites for hydroxylation is 1. The minimum Gasteiger partial charge on any atom is -0.497 e. The summed E-state index contributed by atoms with van der Waals surface area (Å²) in [4.78, 5) is 16.7. The molecule has 162 valence electrons. The van der Waals surface area contributed by atoms with Crippen molar-refractivity contribution in [3.05, 3.63) is 59.5 Å². The quantitative estimate of drug-likeness (QED) is 0.572. The zero-order chi connectivity index (χ0) is 21.8. The average Bonchev–Trinajstić information content (AvgIpc) is 3.38. The number of carbonyl (C=O) groups is 1. The molecule has 0 radical (unpaired) electrons. The zero-order valence-electron chi connectivity index (χ0n) is 17.2. The minimum absolute atomic E-state index is 0.116. The molecule has 0 aliphatic carbocycles. The third kappa shape index (κ3) is 5.05. The van der Waals surface area contributed by atoms with Gasteiger partial charge in [0, 0.05) is 22.9 Å². The molecule has 1 aliphatic heterocycles. The van der Waals surface area contributed by atoms with Gasteiger partial charge in [-0.15, -0.1) is 0 Å². The molecule has 1 atom stereocenters. The molecule has 0 fully saturated rings. The van der Waals surface area contributed by atoms with Gasteiger partial charge in [-0.3, -0.25) is 9.00 Å². The van der Waals surface area contributed by atoms with E-state index in [1.807, 2.05) is 36.4 Å². The first-order valence-electron chi connectivity index (χ1n) is 9.63. The lowest BCUT2D eigenvalue weighted by atomic mass is 10.2. The summed E-state index contributed by atoms with van der Waals surface area (Å²) in [7, 11) is 0.184. The molecule has 1 aromatic heterocycles. The van der Waals surface area contributed by atoms with Gasteiger partial charge in [0.1, 0.15) is 17.3 Å². The predicted octanol–water partition coefficient (Wildman–Crippen LogP) is 2.95. The lowest BCUT2D eigenvalue weighted by molar-refractivity contribution is -0.118. The molecular formula is C22H22N2O6S. The number of carbonyl (C=O) groups excluding carboxylic acids is 1. The van der Waals surface area contributed by atoms with Crippen LogP contribution in [0.2, 0.25) is 0 Å². The van der Waals surface area contributed by atoms with Gasteiger partial charge in [0.05, 0.1) is 18.6 Å². The second-order valence-electron chi connectivity index (χ2n) is 6.94. The van der Waals surface area contributed by atoms with Gasteiger partial charge >= 0.3 is 0 Å². The van der Waals surface area contributed by atoms with Gasteiger partial charge in [-0.2, -0.15) is 0 Å². The van der Waals surface area contributed by atoms with Gasteiger partial charge in [0.2, 0.25) is 18.6 Å². The molecule has 8 nitrogen and oxygen atoms in total. The average molecular weight is 442 g/mol. The standard InChI is InChI=1S/C22H22N2O6S/c1-14-18(24-22(30-14)16-4-6-17(27-2)7-5-16)11-31(26)12-21(25)23-10-15-3-8-19-20(9-15)29-13-28-19/h3-9H,10-13H2,1-2H3,(H,23,25)/t31-/m0/s1. The number of rotatable bonds is 8. The lowest BCUT2D eigenvalue weighted by Crippen LogP contribution is -2.28. The Kier molecular flexibility index (Phi) is 6.22. The van der Waals surface area contributed by atoms with E-state index in [-0.39, 0.29) is 24.2 Å². The van der Waals surface area contributed by atoms with E-state index >= 15 is 0 Å². The van der Waals surface area contributed by atoms with Gasteiger partial charge in [-0.25, -0.2) is 4.98 Å². The van der Waals surface area contributed by atoms with Crippen LogP contribution in [0.5, 0.6) is 17.2 Å². The Balaban J connectivity index is 1.31. The monoisotopic (exact) mass is 442 g/mol. The molecule has 0 spiro atoms. The van der Waals surface area contributed by atoms with Crippen molar-refractivity contribution in [2.75, 3.05) is 19.7 Å². The highest BCUT2D eigenvalue weighted by atomic mass is 32.2. The van der Waals surface area contributed by atoms with Gasteiger partial charge in [0.15, 0.2) is 11.5 Å². The minimum atomic E-state index is -1.42. The summed E-state index contributed by atoms with van der Waals surface area (Å²) in [5.41, 5.74) is 2.25. The smallest absolute Gasteiger partial charge is 0.232 e. The first-order chi connectivity index (χ1) is 15.0. The maximum absolute atomic E-state index is 12.5. The predicted molar refractivity (Wildman–Crippen MR) is 114 cm³/mol. The molecule has 1 N–H and O–H groups in total. The molecule has 0 saturated carbocycles. The number of nitrogens with zero attached hydrogens (tertiary/aromatic N) is 1. The van der Waals surface area contributed by atoms with Crippen molar-refractivity contribution in [1.82, 2.24) is 10.3 Å². The number of hydrogen-bond acceptors (Lipinski definition) is 7. The molecule has 3 aromatic rings. The second kappa shape index (κ2) is 9.22. The number of ether oxygens (including phenoxy) is 3. The maximum Gasteiger partial charge on any atom is 0.232 e. The van der Waals surface area contributed by atoms with Gasteiger partial charge in [-0.05, 0) is 48.9 Å². The van der Waals surface area contributed by atoms with Crippen LogP contribution in [0.15, 0.2) is 46.9 Å². The molecule has 9 heteroatoms. The van der Waals surface area contributed by atoms with Crippen LogP contribution < -0.4 is 19.5 Å². The van der Waals surface area contributed by atoms with E-state index in [0.717, 1.165) is 16.9 Å². The number of amides is 1. The normalized spacial score (nSPS) is 13.1. The van der Waals surface area contributed by atoms with E-state index in [1.165, 1.54) is 0 Å². The van der Waals surface area contributed by atoms with Crippen LogP contribution in [-0.4, -0.2) is 34.8 Å². The van der Waals surface area contributed by atoms with Crippen LogP contribution in [0, 0.1) is 6.92 Å². The summed E-state index contributed by atoms with van der Waals surface area (Å²) in [6, 6.07) is 12.8. The fourth-order valence-corrected chi connectivity index (χ4v) is 4.14. The summed E-state index contributed by atoms with van der Waals surface area (Å²) >= 11 is 0. The highest BCUT2D eigenvalue weighted by Gasteiger charge is 2.17. The molecule has 0 bridgehead atoms. The first-order valence-corrected chi connectivity index (χ1v) is 11.1. The van der Waals surface area contributed by atoms with Crippen LogP contribution in [0.1, 0.15) is 17.0 Å². The number of fused-ring (bicyclic) bond motifs is 1. The topological polar surface area (TPSA) is 99.9 Å². The van der Waals surface area contributed by atoms with Crippen molar-refractivity contribution in [1.29, 1.82) is 0 Å². The van der Waals surface area contributed by atoms with E-state index in [9.17, 15) is 9.00 Å². The highest BCUT2D eigenvalue weighted by molar-refractivity contribution is 7.84. The van der Waals surface area contributed by atoms with Gasteiger partial charge in [0.25, 0.3) is 0 Å². The van der Waals surface area contributed by atoms with Crippen molar-refractivity contribution in [2.45, 2.75) is 19.2 Å². The van der Waals surface area contributed by atoms with Crippen LogP contribution >= 0.6 is 0 Å². The molecule has 0 saturated heterocycles. The van der Waals surface area contributed by atoms with Crippen molar-refractivity contribution in [3.63, 3.8) is 0 Å². The van der Waals surface area contributed by atoms with Gasteiger partial charge < -0.3 is 23.9 Å². The summed E-state index contributed by atoms with van der Waals surface area (Å²) < 4.78 is 33.9. The molecule has 0 unspecified atom stereocenters. The number of methoxy groups -OCH3 is 1. The molecule has 1 aliphatic rings. The van der Waals surface area contributed by atoms with Crippen molar-refractivity contribution in [2.24, 2.45) is 0 Å². The largest absolute Gasteiger partial charge is 0.497 e. The third-order valence-corrected chi connectivity index (χ3v) is 5.93. The molecular weight excluding hydrogens is 420 g/mol. The van der Waals surface area contributed by atoms with Crippen LogP contribution in [0.3, 0.4) is 0 Å². The Labute approximate surface area is 182 Å². The zero-order valence-corrected chi connectivity index (χ0v) is 18.0. The van der Waals surface area contributed by atoms with Crippen LogP contribution in [0.25, 0.3) is 11.5 Å². The van der Waals surface area contributed by atoms with Crippen molar-refractivity contribution in [3.8, 4) is 28.7 Å². The lowest BCUT2D eigenvalue weighted by Gasteiger charge is -2.06. The number of nitrogens with one attached hydrogen (secondary N) is 1. The highest BCUT2D eigenvalue weighted by Crippen LogP contribution is 2.32. The van der Waals surface area contributed by atoms with E-state index in [4.69, 9.17) is 18.6 Å². The Hall–Kier alpha value is -3.33. The van der Waals surface area contributed by atoms with E-state index in [0.29, 0.717) is 35.4 Å². The third-order valence-electron chi connectivity index (χ3n) is 4.75. The Morgan fingerprint density at radius 1 is 1.16 bits per heavy atom. The first kappa shape index (κ1) is 20.9. The number of aromatic nitrogens is 1. The molecule has 4 rings (SSSR count). The Bertz CT molecular complexity index is 1110. The van der Waals surface area contributed by atoms with E-state index in [1.54, 1.807) is 20.1 Å². The fraction of sp³-hybridized carbons (Fsp3) is 0.273. The van der Waals surface area contributed by atoms with Crippen LogP contribution in [-0.2, 0) is 27.9 Å². The summed E-state index contributed by atoms with van der Waals surface area (Å²) in [5, 5.41) is 2.78. The number of oxazole rings is 1. The molecule has 2 aromatic carbocycles. The SMILES string of the molecule is COc1ccc(-c2nc(C[S@](=O)CC(=O)NCc3ccc4c(c3)OCO4)c(C)o2)cc1. The summed E-state index contributed by atoms with van der Waals surface area (Å²) in [5.74, 6) is 2.84. The van der Waals surface area contributed by atoms with E-state index < -0.39 is 10.8 Å². The number of benzene rings is 2. The molecule has 1 amide bonds. The van der Waals surface area contributed by atoms with Gasteiger partial charge in [-0.1, -0.05) is 6.07 Å².